The van der Waals surface area contributed by atoms with E-state index in [1.165, 1.54) is 64.2 Å². The van der Waals surface area contributed by atoms with Crippen molar-refractivity contribution in [2.75, 3.05) is 0 Å². The molecule has 1 aliphatic rings. The van der Waals surface area contributed by atoms with Crippen LogP contribution in [0.2, 0.25) is 0 Å². The van der Waals surface area contributed by atoms with Gasteiger partial charge in [0, 0.05) is 2.85 Å². The molecule has 5 unspecified atom stereocenters. The molecule has 1 fully saturated rings. The molecule has 0 amide bonds. The third kappa shape index (κ3) is 18.6. The van der Waals surface area contributed by atoms with Crippen LogP contribution in [0.15, 0.2) is 0 Å². The first kappa shape index (κ1) is 37.2. The highest BCUT2D eigenvalue weighted by Gasteiger charge is 2.25. The summed E-state index contributed by atoms with van der Waals surface area (Å²) < 4.78 is 14.2. The predicted molar refractivity (Wildman–Crippen MR) is 143 cm³/mol. The lowest BCUT2D eigenvalue weighted by Crippen LogP contribution is -2.15. The quantitative estimate of drug-likeness (QED) is 0.287. The van der Waals surface area contributed by atoms with Gasteiger partial charge in [-0.3, -0.25) is 0 Å². The van der Waals surface area contributed by atoms with Gasteiger partial charge in [-0.2, -0.15) is 0 Å². The molecule has 0 spiro atoms. The Kier molecular flexibility index (Phi) is 33.4. The summed E-state index contributed by atoms with van der Waals surface area (Å²) in [7, 11) is 0. The van der Waals surface area contributed by atoms with E-state index in [0.717, 1.165) is 43.4 Å². The van der Waals surface area contributed by atoms with E-state index in [4.69, 9.17) is 0 Å². The molecule has 0 bridgehead atoms. The van der Waals surface area contributed by atoms with Gasteiger partial charge in [-0.25, -0.2) is 4.39 Å². The molecule has 1 rings (SSSR count). The molecule has 1 aliphatic carbocycles. The van der Waals surface area contributed by atoms with E-state index < -0.39 is 6.17 Å². The molecule has 0 aromatic carbocycles. The van der Waals surface area contributed by atoms with E-state index in [2.05, 4.69) is 41.5 Å². The Morgan fingerprint density at radius 2 is 1.47 bits per heavy atom. The summed E-state index contributed by atoms with van der Waals surface area (Å²) in [4.78, 5) is 0. The molecule has 5 atom stereocenters. The largest absolute Gasteiger partial charge is 0.412 e. The van der Waals surface area contributed by atoms with Gasteiger partial charge in [0.25, 0.3) is 0 Å². The minimum atomic E-state index is -0.568. The Bertz CT molecular complexity index is 305. The number of alkyl halides is 1. The van der Waals surface area contributed by atoms with Crippen molar-refractivity contribution in [2.24, 2.45) is 23.7 Å². The van der Waals surface area contributed by atoms with Gasteiger partial charge in [0.2, 0.25) is 0 Å². The van der Waals surface area contributed by atoms with Crippen LogP contribution in [0.25, 0.3) is 0 Å². The summed E-state index contributed by atoms with van der Waals surface area (Å²) in [6.45, 7) is 17.2. The molecule has 1 saturated carbocycles. The predicted octanol–water partition coefficient (Wildman–Crippen LogP) is 10.7. The molecule has 0 heterocycles. The minimum Gasteiger partial charge on any atom is -0.412 e. The van der Waals surface area contributed by atoms with Gasteiger partial charge in [-0.1, -0.05) is 127 Å². The van der Waals surface area contributed by atoms with Gasteiger partial charge in [0.05, 0.1) is 0 Å². The van der Waals surface area contributed by atoms with Crippen molar-refractivity contribution in [3.05, 3.63) is 0 Å². The van der Waals surface area contributed by atoms with Crippen LogP contribution in [0.1, 0.15) is 156 Å². The maximum atomic E-state index is 14.2. The van der Waals surface area contributed by atoms with E-state index in [1.54, 1.807) is 0 Å². The molecule has 0 radical (unpaired) electrons. The standard InChI is InChI=1S/C22H43F.C3H8.C2H6.CH4.H2O.2H2/c1-5-8-12-20(7-3)21-13-9-11-19(14-16-21)15-17-22(23)18(4)10-6-2;1-3-2;1-2;;;;/h18-22H,5-17H2,1-4H3;3H2,1-2H3;1-2H3;1H4;1H2;2*1H. The molecule has 0 saturated heterocycles. The van der Waals surface area contributed by atoms with Gasteiger partial charge in [0.15, 0.2) is 0 Å². The van der Waals surface area contributed by atoms with Crippen LogP contribution < -0.4 is 0 Å². The van der Waals surface area contributed by atoms with Crippen LogP contribution in [-0.2, 0) is 0 Å². The Morgan fingerprint density at radius 3 is 1.97 bits per heavy atom. The van der Waals surface area contributed by atoms with Gasteiger partial charge >= 0.3 is 0 Å². The fourth-order valence-corrected chi connectivity index (χ4v) is 4.72. The molecular formula is C28H67FO. The number of unbranched alkanes of at least 4 members (excludes halogenated alkanes) is 1. The van der Waals surface area contributed by atoms with Crippen LogP contribution in [-0.4, -0.2) is 11.6 Å². The van der Waals surface area contributed by atoms with Gasteiger partial charge in [-0.15, -0.1) is 0 Å². The van der Waals surface area contributed by atoms with E-state index in [-0.39, 0.29) is 21.7 Å². The molecule has 1 nitrogen and oxygen atoms in total. The second-order valence-electron chi connectivity index (χ2n) is 9.01. The molecule has 0 aromatic heterocycles. The summed E-state index contributed by atoms with van der Waals surface area (Å²) in [6.07, 6.45) is 17.3. The average molecular weight is 439 g/mol. The van der Waals surface area contributed by atoms with Crippen molar-refractivity contribution in [3.8, 4) is 0 Å². The molecule has 0 aliphatic heterocycles. The lowest BCUT2D eigenvalue weighted by atomic mass is 9.81. The van der Waals surface area contributed by atoms with Crippen molar-refractivity contribution >= 4 is 0 Å². The Balaban J connectivity index is -0.000000173. The van der Waals surface area contributed by atoms with E-state index in [1.807, 2.05) is 13.8 Å². The van der Waals surface area contributed by atoms with Crippen LogP contribution >= 0.6 is 0 Å². The highest BCUT2D eigenvalue weighted by Crippen LogP contribution is 2.37. The molecule has 2 heteroatoms. The van der Waals surface area contributed by atoms with Gasteiger partial charge in [0.1, 0.15) is 6.17 Å². The highest BCUT2D eigenvalue weighted by atomic mass is 19.1. The van der Waals surface area contributed by atoms with Crippen molar-refractivity contribution < 1.29 is 12.7 Å². The minimum absolute atomic E-state index is 0. The maximum Gasteiger partial charge on any atom is 0.103 e. The zero-order valence-electron chi connectivity index (χ0n) is 21.7. The Morgan fingerprint density at radius 1 is 0.867 bits per heavy atom. The molecule has 30 heavy (non-hydrogen) atoms. The van der Waals surface area contributed by atoms with E-state index in [0.29, 0.717) is 0 Å². The summed E-state index contributed by atoms with van der Waals surface area (Å²) in [5.74, 6) is 2.97. The van der Waals surface area contributed by atoms with Crippen molar-refractivity contribution in [2.45, 2.75) is 159 Å². The average Bonchev–Trinajstić information content (AvgIpc) is 2.95. The lowest BCUT2D eigenvalue weighted by Gasteiger charge is -2.25. The van der Waals surface area contributed by atoms with Gasteiger partial charge in [-0.05, 0) is 49.4 Å². The molecule has 192 valence electrons. The Hall–Kier alpha value is -0.110. The lowest BCUT2D eigenvalue weighted by molar-refractivity contribution is 0.198. The van der Waals surface area contributed by atoms with Crippen LogP contribution in [0.4, 0.5) is 4.39 Å². The maximum absolute atomic E-state index is 14.2. The fraction of sp³-hybridized carbons (Fsp3) is 1.00. The summed E-state index contributed by atoms with van der Waals surface area (Å²) in [5, 5.41) is 0. The Labute approximate surface area is 195 Å². The van der Waals surface area contributed by atoms with Gasteiger partial charge < -0.3 is 5.48 Å². The monoisotopic (exact) mass is 439 g/mol. The molecular weight excluding hydrogens is 371 g/mol. The second kappa shape index (κ2) is 26.9. The summed E-state index contributed by atoms with van der Waals surface area (Å²) >= 11 is 0. The fourth-order valence-electron chi connectivity index (χ4n) is 4.72. The third-order valence-electron chi connectivity index (χ3n) is 6.46. The van der Waals surface area contributed by atoms with Crippen molar-refractivity contribution in [3.63, 3.8) is 0 Å². The number of hydrogen-bond donors (Lipinski definition) is 0. The van der Waals surface area contributed by atoms with Crippen molar-refractivity contribution in [1.82, 2.24) is 0 Å². The van der Waals surface area contributed by atoms with Crippen molar-refractivity contribution in [1.29, 1.82) is 0 Å². The summed E-state index contributed by atoms with van der Waals surface area (Å²) in [6, 6.07) is 0. The van der Waals surface area contributed by atoms with E-state index >= 15 is 0 Å². The molecule has 2 N–H and O–H groups in total. The smallest absolute Gasteiger partial charge is 0.103 e. The second-order valence-corrected chi connectivity index (χ2v) is 9.01. The first-order valence-electron chi connectivity index (χ1n) is 13.2. The zero-order valence-corrected chi connectivity index (χ0v) is 21.7. The van der Waals surface area contributed by atoms with Crippen LogP contribution in [0, 0.1) is 23.7 Å². The van der Waals surface area contributed by atoms with Crippen LogP contribution in [0.5, 0.6) is 0 Å². The third-order valence-corrected chi connectivity index (χ3v) is 6.46. The highest BCUT2D eigenvalue weighted by molar-refractivity contribution is 4.77. The first-order chi connectivity index (χ1) is 13.5. The van der Waals surface area contributed by atoms with E-state index in [9.17, 15) is 4.39 Å². The zero-order chi connectivity index (χ0) is 21.8. The topological polar surface area (TPSA) is 31.5 Å². The number of hydrogen-bond acceptors (Lipinski definition) is 0. The summed E-state index contributed by atoms with van der Waals surface area (Å²) in [5.41, 5.74) is 0. The first-order valence-corrected chi connectivity index (χ1v) is 13.2. The normalized spacial score (nSPS) is 21.1. The number of rotatable bonds is 11. The van der Waals surface area contributed by atoms with Crippen LogP contribution in [0.3, 0.4) is 0 Å². The molecule has 0 aromatic rings. The SMILES string of the molecule is C.CC.CCC.CCCCC(CC)C1CCCC(CCC(F)C(C)CCC)CC1.O.[HH].[HH]. The number of halogens is 1.